The average molecular weight is 385 g/mol. The predicted molar refractivity (Wildman–Crippen MR) is 107 cm³/mol. The minimum atomic E-state index is -0.339. The molecule has 0 radical (unpaired) electrons. The van der Waals surface area contributed by atoms with E-state index in [1.807, 2.05) is 31.4 Å². The zero-order chi connectivity index (χ0) is 19.6. The van der Waals surface area contributed by atoms with Crippen molar-refractivity contribution in [3.63, 3.8) is 0 Å². The number of hydrogen-bond donors (Lipinski definition) is 1. The quantitative estimate of drug-likeness (QED) is 0.655. The maximum atomic E-state index is 12.6. The SMILES string of the molecule is Cc1ccc(-n2cnnc2SC(C)C(=O)Nc2ccnn2C(C)C)c(C)c1. The summed E-state index contributed by atoms with van der Waals surface area (Å²) in [5.41, 5.74) is 3.35. The lowest BCUT2D eigenvalue weighted by atomic mass is 10.1. The minimum Gasteiger partial charge on any atom is -0.310 e. The zero-order valence-corrected chi connectivity index (χ0v) is 17.0. The molecule has 0 saturated heterocycles. The van der Waals surface area contributed by atoms with E-state index in [-0.39, 0.29) is 17.2 Å². The van der Waals surface area contributed by atoms with E-state index in [2.05, 4.69) is 46.6 Å². The molecule has 3 rings (SSSR count). The molecule has 7 nitrogen and oxygen atoms in total. The fourth-order valence-electron chi connectivity index (χ4n) is 2.81. The summed E-state index contributed by atoms with van der Waals surface area (Å²) < 4.78 is 3.70. The third-order valence-electron chi connectivity index (χ3n) is 4.19. The highest BCUT2D eigenvalue weighted by Gasteiger charge is 2.20. The van der Waals surface area contributed by atoms with Gasteiger partial charge in [0.05, 0.1) is 17.1 Å². The van der Waals surface area contributed by atoms with Crippen LogP contribution in [0.1, 0.15) is 37.9 Å². The van der Waals surface area contributed by atoms with Gasteiger partial charge in [-0.25, -0.2) is 4.68 Å². The van der Waals surface area contributed by atoms with Crippen molar-refractivity contribution in [3.8, 4) is 5.69 Å². The van der Waals surface area contributed by atoms with Crippen molar-refractivity contribution in [1.29, 1.82) is 0 Å². The lowest BCUT2D eigenvalue weighted by Crippen LogP contribution is -2.25. The highest BCUT2D eigenvalue weighted by Crippen LogP contribution is 2.26. The van der Waals surface area contributed by atoms with Crippen LogP contribution in [0.4, 0.5) is 5.82 Å². The molecule has 0 aliphatic rings. The van der Waals surface area contributed by atoms with Gasteiger partial charge in [0.15, 0.2) is 5.16 Å². The molecule has 0 aliphatic heterocycles. The second kappa shape index (κ2) is 7.96. The molecule has 2 heterocycles. The van der Waals surface area contributed by atoms with Crippen molar-refractivity contribution >= 4 is 23.5 Å². The van der Waals surface area contributed by atoms with Gasteiger partial charge in [-0.05, 0) is 46.2 Å². The van der Waals surface area contributed by atoms with Crippen molar-refractivity contribution in [2.75, 3.05) is 5.32 Å². The monoisotopic (exact) mass is 384 g/mol. The Labute approximate surface area is 163 Å². The van der Waals surface area contributed by atoms with Gasteiger partial charge in [0.2, 0.25) is 5.91 Å². The maximum Gasteiger partial charge on any atom is 0.238 e. The Bertz CT molecular complexity index is 945. The molecule has 0 fully saturated rings. The molecule has 2 aromatic heterocycles. The van der Waals surface area contributed by atoms with E-state index in [1.54, 1.807) is 23.3 Å². The predicted octanol–water partition coefficient (Wildman–Crippen LogP) is 3.78. The summed E-state index contributed by atoms with van der Waals surface area (Å²) in [6.07, 6.45) is 3.36. The molecule has 1 atom stereocenters. The molecule has 0 spiro atoms. The number of hydrogen-bond acceptors (Lipinski definition) is 5. The first-order valence-corrected chi connectivity index (χ1v) is 9.73. The van der Waals surface area contributed by atoms with Crippen molar-refractivity contribution in [1.82, 2.24) is 24.5 Å². The number of rotatable bonds is 6. The van der Waals surface area contributed by atoms with Crippen LogP contribution in [-0.4, -0.2) is 35.7 Å². The average Bonchev–Trinajstić information content (AvgIpc) is 3.24. The fourth-order valence-corrected chi connectivity index (χ4v) is 3.65. The summed E-state index contributed by atoms with van der Waals surface area (Å²) in [6, 6.07) is 8.19. The molecule has 8 heteroatoms. The van der Waals surface area contributed by atoms with Gasteiger partial charge >= 0.3 is 0 Å². The summed E-state index contributed by atoms with van der Waals surface area (Å²) in [7, 11) is 0. The molecule has 1 unspecified atom stereocenters. The molecule has 0 saturated carbocycles. The van der Waals surface area contributed by atoms with Gasteiger partial charge in [0.25, 0.3) is 0 Å². The Morgan fingerprint density at radius 3 is 2.67 bits per heavy atom. The number of amides is 1. The first-order chi connectivity index (χ1) is 12.9. The lowest BCUT2D eigenvalue weighted by Gasteiger charge is -2.15. The fraction of sp³-hybridized carbons (Fsp3) is 0.368. The number of carbonyl (C=O) groups is 1. The Morgan fingerprint density at radius 1 is 1.19 bits per heavy atom. The Hall–Kier alpha value is -2.61. The van der Waals surface area contributed by atoms with Crippen molar-refractivity contribution < 1.29 is 4.79 Å². The highest BCUT2D eigenvalue weighted by molar-refractivity contribution is 8.00. The molecular weight excluding hydrogens is 360 g/mol. The van der Waals surface area contributed by atoms with Crippen LogP contribution in [0, 0.1) is 13.8 Å². The van der Waals surface area contributed by atoms with Gasteiger partial charge in [-0.15, -0.1) is 10.2 Å². The number of aromatic nitrogens is 5. The van der Waals surface area contributed by atoms with E-state index in [4.69, 9.17) is 0 Å². The Morgan fingerprint density at radius 2 is 1.96 bits per heavy atom. The van der Waals surface area contributed by atoms with Crippen LogP contribution >= 0.6 is 11.8 Å². The third kappa shape index (κ3) is 4.21. The molecule has 0 aliphatic carbocycles. The Balaban J connectivity index is 1.75. The number of anilines is 1. The summed E-state index contributed by atoms with van der Waals surface area (Å²) in [4.78, 5) is 12.6. The second-order valence-electron chi connectivity index (χ2n) is 6.78. The van der Waals surface area contributed by atoms with Gasteiger partial charge < -0.3 is 5.32 Å². The molecular formula is C19H24N6OS. The van der Waals surface area contributed by atoms with Gasteiger partial charge in [0.1, 0.15) is 12.1 Å². The number of benzene rings is 1. The van der Waals surface area contributed by atoms with Crippen molar-refractivity contribution in [2.24, 2.45) is 0 Å². The summed E-state index contributed by atoms with van der Waals surface area (Å²) in [5.74, 6) is 0.593. The van der Waals surface area contributed by atoms with E-state index in [9.17, 15) is 4.79 Å². The van der Waals surface area contributed by atoms with Gasteiger partial charge in [-0.2, -0.15) is 5.10 Å². The van der Waals surface area contributed by atoms with Crippen LogP contribution in [0.3, 0.4) is 0 Å². The van der Waals surface area contributed by atoms with Gasteiger partial charge in [0, 0.05) is 12.1 Å². The summed E-state index contributed by atoms with van der Waals surface area (Å²) in [5, 5.41) is 15.8. The van der Waals surface area contributed by atoms with Gasteiger partial charge in [-0.1, -0.05) is 29.5 Å². The third-order valence-corrected chi connectivity index (χ3v) is 5.25. The number of nitrogens with zero attached hydrogens (tertiary/aromatic N) is 5. The number of nitrogens with one attached hydrogen (secondary N) is 1. The molecule has 3 aromatic rings. The second-order valence-corrected chi connectivity index (χ2v) is 8.09. The van der Waals surface area contributed by atoms with Crippen molar-refractivity contribution in [2.45, 2.75) is 51.1 Å². The molecule has 27 heavy (non-hydrogen) atoms. The number of aryl methyl sites for hydroxylation is 2. The zero-order valence-electron chi connectivity index (χ0n) is 16.2. The van der Waals surface area contributed by atoms with Crippen LogP contribution in [0.2, 0.25) is 0 Å². The van der Waals surface area contributed by atoms with Gasteiger partial charge in [-0.3, -0.25) is 9.36 Å². The topological polar surface area (TPSA) is 77.6 Å². The molecule has 1 amide bonds. The number of thioether (sulfide) groups is 1. The van der Waals surface area contributed by atoms with E-state index >= 15 is 0 Å². The van der Waals surface area contributed by atoms with Crippen molar-refractivity contribution in [3.05, 3.63) is 47.9 Å². The van der Waals surface area contributed by atoms with E-state index in [0.717, 1.165) is 11.3 Å². The maximum absolute atomic E-state index is 12.6. The largest absolute Gasteiger partial charge is 0.310 e. The van der Waals surface area contributed by atoms with E-state index < -0.39 is 0 Å². The standard InChI is InChI=1S/C19H24N6OS/c1-12(2)25-17(8-9-21-25)22-18(26)15(5)27-19-23-20-11-24(19)16-7-6-13(3)10-14(16)4/h6-12,15H,1-5H3,(H,22,26). The van der Waals surface area contributed by atoms with Crippen LogP contribution < -0.4 is 5.32 Å². The van der Waals surface area contributed by atoms with E-state index in [0.29, 0.717) is 11.0 Å². The summed E-state index contributed by atoms with van der Waals surface area (Å²) in [6.45, 7) is 10.0. The van der Waals surface area contributed by atoms with Crippen LogP contribution in [0.15, 0.2) is 41.9 Å². The normalized spacial score (nSPS) is 12.4. The first kappa shape index (κ1) is 19.2. The Kier molecular flexibility index (Phi) is 5.65. The highest BCUT2D eigenvalue weighted by atomic mass is 32.2. The molecule has 142 valence electrons. The molecule has 1 aromatic carbocycles. The van der Waals surface area contributed by atoms with E-state index in [1.165, 1.54) is 17.3 Å². The first-order valence-electron chi connectivity index (χ1n) is 8.85. The lowest BCUT2D eigenvalue weighted by molar-refractivity contribution is -0.115. The molecule has 1 N–H and O–H groups in total. The number of carbonyl (C=O) groups excluding carboxylic acids is 1. The van der Waals surface area contributed by atoms with Crippen LogP contribution in [0.5, 0.6) is 0 Å². The molecule has 0 bridgehead atoms. The smallest absolute Gasteiger partial charge is 0.238 e. The summed E-state index contributed by atoms with van der Waals surface area (Å²) >= 11 is 1.38. The van der Waals surface area contributed by atoms with Crippen LogP contribution in [-0.2, 0) is 4.79 Å². The van der Waals surface area contributed by atoms with Crippen LogP contribution in [0.25, 0.3) is 5.69 Å². The minimum absolute atomic E-state index is 0.0995.